The van der Waals surface area contributed by atoms with Gasteiger partial charge in [0.2, 0.25) is 0 Å². The Labute approximate surface area is 105 Å². The number of hydrogen-bond acceptors (Lipinski definition) is 6. The average Bonchev–Trinajstić information content (AvgIpc) is 2.75. The van der Waals surface area contributed by atoms with E-state index in [1.54, 1.807) is 12.3 Å². The highest BCUT2D eigenvalue weighted by Crippen LogP contribution is 2.16. The molecule has 0 aliphatic rings. The van der Waals surface area contributed by atoms with Gasteiger partial charge in [0.05, 0.1) is 12.6 Å². The second-order valence-corrected chi connectivity index (χ2v) is 4.62. The van der Waals surface area contributed by atoms with Crippen LogP contribution in [0.4, 0.5) is 0 Å². The Morgan fingerprint density at radius 3 is 2.82 bits per heavy atom. The van der Waals surface area contributed by atoms with Gasteiger partial charge in [-0.1, -0.05) is 0 Å². The Morgan fingerprint density at radius 2 is 2.29 bits per heavy atom. The van der Waals surface area contributed by atoms with Crippen LogP contribution in [0.25, 0.3) is 0 Å². The summed E-state index contributed by atoms with van der Waals surface area (Å²) in [7, 11) is 0. The van der Waals surface area contributed by atoms with Crippen LogP contribution < -0.4 is 5.73 Å². The number of rotatable bonds is 6. The van der Waals surface area contributed by atoms with Crippen molar-refractivity contribution in [1.29, 1.82) is 0 Å². The maximum absolute atomic E-state index is 11.7. The maximum atomic E-state index is 11.7. The molecule has 0 spiro atoms. The van der Waals surface area contributed by atoms with Crippen LogP contribution in [0.3, 0.4) is 0 Å². The lowest BCUT2D eigenvalue weighted by atomic mass is 10.4. The first-order valence-corrected chi connectivity index (χ1v) is 6.42. The van der Waals surface area contributed by atoms with E-state index in [-0.39, 0.29) is 12.1 Å². The molecule has 1 rings (SSSR count). The molecule has 0 aromatic carbocycles. The number of aromatic nitrogens is 1. The Morgan fingerprint density at radius 1 is 1.59 bits per heavy atom. The van der Waals surface area contributed by atoms with Crippen molar-refractivity contribution in [2.45, 2.75) is 32.9 Å². The third-order valence-corrected chi connectivity index (χ3v) is 3.03. The van der Waals surface area contributed by atoms with E-state index < -0.39 is 5.97 Å². The van der Waals surface area contributed by atoms with Crippen molar-refractivity contribution in [1.82, 2.24) is 4.98 Å². The van der Waals surface area contributed by atoms with Crippen LogP contribution in [0.15, 0.2) is 5.38 Å². The topological polar surface area (TPSA) is 74.4 Å². The van der Waals surface area contributed by atoms with Crippen molar-refractivity contribution in [3.05, 3.63) is 16.1 Å². The molecular weight excluding hydrogens is 240 g/mol. The van der Waals surface area contributed by atoms with Crippen LogP contribution in [0.5, 0.6) is 0 Å². The lowest BCUT2D eigenvalue weighted by molar-refractivity contribution is 0.00392. The number of ether oxygens (including phenoxy) is 2. The van der Waals surface area contributed by atoms with Gasteiger partial charge in [-0.05, 0) is 20.8 Å². The van der Waals surface area contributed by atoms with Crippen molar-refractivity contribution in [2.75, 3.05) is 13.2 Å². The highest BCUT2D eigenvalue weighted by molar-refractivity contribution is 7.09. The minimum absolute atomic E-state index is 0.164. The Kier molecular flexibility index (Phi) is 5.54. The Hall–Kier alpha value is -0.980. The van der Waals surface area contributed by atoms with E-state index in [2.05, 4.69) is 4.98 Å². The zero-order valence-corrected chi connectivity index (χ0v) is 11.1. The molecule has 0 fully saturated rings. The van der Waals surface area contributed by atoms with Gasteiger partial charge < -0.3 is 15.2 Å². The number of carbonyl (C=O) groups excluding carboxylic acids is 1. The van der Waals surface area contributed by atoms with Gasteiger partial charge in [0.25, 0.3) is 0 Å². The normalized spacial score (nSPS) is 14.4. The van der Waals surface area contributed by atoms with Crippen LogP contribution in [0.1, 0.15) is 42.3 Å². The van der Waals surface area contributed by atoms with E-state index >= 15 is 0 Å². The predicted molar refractivity (Wildman–Crippen MR) is 66.1 cm³/mol. The fourth-order valence-electron chi connectivity index (χ4n) is 1.15. The van der Waals surface area contributed by atoms with Crippen molar-refractivity contribution < 1.29 is 14.3 Å². The summed E-state index contributed by atoms with van der Waals surface area (Å²) in [5.74, 6) is -0.430. The molecule has 2 unspecified atom stereocenters. The molecule has 5 nitrogen and oxygen atoms in total. The first-order chi connectivity index (χ1) is 8.04. The van der Waals surface area contributed by atoms with Crippen LogP contribution in [0.2, 0.25) is 0 Å². The monoisotopic (exact) mass is 258 g/mol. The first kappa shape index (κ1) is 14.1. The summed E-state index contributed by atoms with van der Waals surface area (Å²) in [6, 6.07) is -0.164. The second kappa shape index (κ2) is 6.68. The lowest BCUT2D eigenvalue weighted by Gasteiger charge is -2.11. The number of esters is 1. The minimum Gasteiger partial charge on any atom is -0.455 e. The molecule has 0 bridgehead atoms. The number of nitrogens with two attached hydrogens (primary N) is 1. The molecular formula is C11H18N2O3S. The molecule has 0 aliphatic heterocycles. The van der Waals surface area contributed by atoms with Gasteiger partial charge in [-0.15, -0.1) is 11.3 Å². The summed E-state index contributed by atoms with van der Waals surface area (Å²) < 4.78 is 10.3. The third-order valence-electron chi connectivity index (χ3n) is 1.99. The fourth-order valence-corrected chi connectivity index (χ4v) is 1.90. The molecule has 96 valence electrons. The van der Waals surface area contributed by atoms with Crippen molar-refractivity contribution in [3.8, 4) is 0 Å². The summed E-state index contributed by atoms with van der Waals surface area (Å²) in [5.41, 5.74) is 5.98. The molecule has 1 aromatic heterocycles. The summed E-state index contributed by atoms with van der Waals surface area (Å²) >= 11 is 1.36. The van der Waals surface area contributed by atoms with Gasteiger partial charge in [-0.25, -0.2) is 9.78 Å². The highest BCUT2D eigenvalue weighted by Gasteiger charge is 2.16. The van der Waals surface area contributed by atoms with Gasteiger partial charge in [0, 0.05) is 12.0 Å². The Bertz CT molecular complexity index is 365. The summed E-state index contributed by atoms with van der Waals surface area (Å²) in [5, 5.41) is 2.39. The number of nitrogens with zero attached hydrogens (tertiary/aromatic N) is 1. The number of hydrogen-bond donors (Lipinski definition) is 1. The summed E-state index contributed by atoms with van der Waals surface area (Å²) in [4.78, 5) is 15.8. The highest BCUT2D eigenvalue weighted by atomic mass is 32.1. The minimum atomic E-state index is -0.430. The fraction of sp³-hybridized carbons (Fsp3) is 0.636. The van der Waals surface area contributed by atoms with Gasteiger partial charge in [-0.3, -0.25) is 0 Å². The van der Waals surface area contributed by atoms with Crippen LogP contribution >= 0.6 is 11.3 Å². The molecule has 0 aliphatic carbocycles. The van der Waals surface area contributed by atoms with Gasteiger partial charge in [0.15, 0.2) is 5.69 Å². The zero-order chi connectivity index (χ0) is 12.8. The van der Waals surface area contributed by atoms with Gasteiger partial charge in [0.1, 0.15) is 11.1 Å². The predicted octanol–water partition coefficient (Wildman–Crippen LogP) is 1.74. The van der Waals surface area contributed by atoms with E-state index in [9.17, 15) is 4.79 Å². The number of carbonyl (C=O) groups is 1. The largest absolute Gasteiger partial charge is 0.455 e. The molecule has 0 amide bonds. The van der Waals surface area contributed by atoms with E-state index in [1.807, 2.05) is 13.8 Å². The van der Waals surface area contributed by atoms with Crippen molar-refractivity contribution in [3.63, 3.8) is 0 Å². The molecule has 1 heterocycles. The van der Waals surface area contributed by atoms with Crippen LogP contribution in [0, 0.1) is 0 Å². The smallest absolute Gasteiger partial charge is 0.358 e. The third kappa shape index (κ3) is 4.41. The molecule has 17 heavy (non-hydrogen) atoms. The molecule has 2 atom stereocenters. The summed E-state index contributed by atoms with van der Waals surface area (Å²) in [6.45, 7) is 6.50. The maximum Gasteiger partial charge on any atom is 0.358 e. The molecule has 0 radical (unpaired) electrons. The number of thiazole rings is 1. The first-order valence-electron chi connectivity index (χ1n) is 5.54. The molecule has 2 N–H and O–H groups in total. The van der Waals surface area contributed by atoms with Gasteiger partial charge >= 0.3 is 5.97 Å². The molecule has 1 aromatic rings. The van der Waals surface area contributed by atoms with Crippen molar-refractivity contribution >= 4 is 17.3 Å². The van der Waals surface area contributed by atoms with E-state index in [0.29, 0.717) is 18.9 Å². The molecule has 0 saturated heterocycles. The quantitative estimate of drug-likeness (QED) is 0.787. The van der Waals surface area contributed by atoms with Gasteiger partial charge in [-0.2, -0.15) is 0 Å². The lowest BCUT2D eigenvalue weighted by Crippen LogP contribution is -2.20. The molecule has 0 saturated carbocycles. The van der Waals surface area contributed by atoms with Crippen molar-refractivity contribution in [2.24, 2.45) is 5.73 Å². The molecule has 6 heteroatoms. The standard InChI is InChI=1S/C11H18N2O3S/c1-4-15-5-7(2)16-11(14)9-6-17-10(13-9)8(3)12/h6-8H,4-5,12H2,1-3H3. The average molecular weight is 258 g/mol. The zero-order valence-electron chi connectivity index (χ0n) is 10.3. The summed E-state index contributed by atoms with van der Waals surface area (Å²) in [6.07, 6.45) is -0.275. The van der Waals surface area contributed by atoms with E-state index in [0.717, 1.165) is 5.01 Å². The van der Waals surface area contributed by atoms with Crippen LogP contribution in [-0.4, -0.2) is 30.3 Å². The van der Waals surface area contributed by atoms with E-state index in [4.69, 9.17) is 15.2 Å². The van der Waals surface area contributed by atoms with Crippen LogP contribution in [-0.2, 0) is 9.47 Å². The SMILES string of the molecule is CCOCC(C)OC(=O)c1csc(C(C)N)n1. The Balaban J connectivity index is 2.51. The second-order valence-electron chi connectivity index (χ2n) is 3.74. The van der Waals surface area contributed by atoms with E-state index in [1.165, 1.54) is 11.3 Å².